The summed E-state index contributed by atoms with van der Waals surface area (Å²) in [7, 11) is 0. The molecule has 0 amide bonds. The second-order valence-electron chi connectivity index (χ2n) is 7.98. The van der Waals surface area contributed by atoms with Crippen molar-refractivity contribution < 1.29 is 23.8 Å². The number of hydrogen-bond acceptors (Lipinski definition) is 6. The lowest BCUT2D eigenvalue weighted by Gasteiger charge is -2.33. The Bertz CT molecular complexity index is 962. The van der Waals surface area contributed by atoms with Gasteiger partial charge in [-0.3, -0.25) is 0 Å². The van der Waals surface area contributed by atoms with Crippen LogP contribution in [0.4, 0.5) is 10.2 Å². The molecule has 1 saturated carbocycles. The number of benzene rings is 1. The summed E-state index contributed by atoms with van der Waals surface area (Å²) in [6.45, 7) is 4.31. The first-order valence-electron chi connectivity index (χ1n) is 10.5. The van der Waals surface area contributed by atoms with Crippen molar-refractivity contribution in [2.75, 3.05) is 24.6 Å². The van der Waals surface area contributed by atoms with Crippen LogP contribution in [0.5, 0.6) is 6.01 Å². The number of carboxylic acid groups (broad SMARTS) is 1. The van der Waals surface area contributed by atoms with Crippen molar-refractivity contribution in [3.8, 4) is 17.3 Å². The van der Waals surface area contributed by atoms with E-state index in [0.29, 0.717) is 29.9 Å². The van der Waals surface area contributed by atoms with Crippen molar-refractivity contribution in [1.82, 2.24) is 9.97 Å². The smallest absolute Gasteiger partial charge is 0.348 e. The Morgan fingerprint density at radius 2 is 2.03 bits per heavy atom. The monoisotopic (exact) mass is 449 g/mol. The van der Waals surface area contributed by atoms with Crippen LogP contribution in [0.25, 0.3) is 11.3 Å². The molecule has 9 heteroatoms. The predicted molar refractivity (Wildman–Crippen MR) is 114 cm³/mol. The zero-order chi connectivity index (χ0) is 22.0. The second-order valence-corrected chi connectivity index (χ2v) is 8.39. The SMILES string of the molecule is CCCOC1CCN(c2cc(-c3ccc(Cl)c(F)c3)nc(OC3(C(=O)O)CC3)n2)CC1. The summed E-state index contributed by atoms with van der Waals surface area (Å²) in [6.07, 6.45) is 3.75. The molecule has 0 bridgehead atoms. The molecule has 31 heavy (non-hydrogen) atoms. The van der Waals surface area contributed by atoms with Crippen LogP contribution in [0, 0.1) is 5.82 Å². The highest BCUT2D eigenvalue weighted by molar-refractivity contribution is 6.30. The lowest BCUT2D eigenvalue weighted by atomic mass is 10.1. The first kappa shape index (κ1) is 21.8. The van der Waals surface area contributed by atoms with Crippen molar-refractivity contribution in [2.24, 2.45) is 0 Å². The van der Waals surface area contributed by atoms with Gasteiger partial charge in [-0.15, -0.1) is 0 Å². The lowest BCUT2D eigenvalue weighted by molar-refractivity contribution is -0.147. The van der Waals surface area contributed by atoms with E-state index in [-0.39, 0.29) is 17.1 Å². The van der Waals surface area contributed by atoms with Gasteiger partial charge in [0.2, 0.25) is 5.60 Å². The fourth-order valence-corrected chi connectivity index (χ4v) is 3.73. The van der Waals surface area contributed by atoms with Gasteiger partial charge in [0.25, 0.3) is 0 Å². The fourth-order valence-electron chi connectivity index (χ4n) is 3.61. The molecule has 2 aliphatic rings. The molecule has 1 aliphatic heterocycles. The number of hydrogen-bond donors (Lipinski definition) is 1. The normalized spacial score (nSPS) is 18.1. The van der Waals surface area contributed by atoms with Crippen LogP contribution in [0.1, 0.15) is 39.0 Å². The zero-order valence-corrected chi connectivity index (χ0v) is 18.1. The van der Waals surface area contributed by atoms with Crippen molar-refractivity contribution in [2.45, 2.75) is 50.7 Å². The molecule has 1 aromatic carbocycles. The van der Waals surface area contributed by atoms with Crippen molar-refractivity contribution in [3.63, 3.8) is 0 Å². The number of carboxylic acids is 1. The van der Waals surface area contributed by atoms with Crippen LogP contribution in [0.2, 0.25) is 5.02 Å². The van der Waals surface area contributed by atoms with Gasteiger partial charge in [0.05, 0.1) is 16.8 Å². The standard InChI is InChI=1S/C22H25ClFN3O4/c1-2-11-30-15-5-9-27(10-6-15)19-13-18(14-3-4-16(23)17(24)12-14)25-21(26-19)31-22(7-8-22)20(28)29/h3-4,12-13,15H,2,5-11H2,1H3,(H,28,29). The van der Waals surface area contributed by atoms with Crippen molar-refractivity contribution in [3.05, 3.63) is 35.1 Å². The summed E-state index contributed by atoms with van der Waals surface area (Å²) in [5.41, 5.74) is -0.319. The third-order valence-electron chi connectivity index (χ3n) is 5.61. The Labute approximate surface area is 185 Å². The maximum Gasteiger partial charge on any atom is 0.348 e. The van der Waals surface area contributed by atoms with Crippen LogP contribution in [-0.2, 0) is 9.53 Å². The van der Waals surface area contributed by atoms with Gasteiger partial charge in [0, 0.05) is 44.2 Å². The van der Waals surface area contributed by atoms with Crippen LogP contribution in [-0.4, -0.2) is 52.4 Å². The van der Waals surface area contributed by atoms with Crippen molar-refractivity contribution >= 4 is 23.4 Å². The molecular formula is C22H25ClFN3O4. The Morgan fingerprint density at radius 3 is 2.65 bits per heavy atom. The minimum absolute atomic E-state index is 0.0199. The maximum absolute atomic E-state index is 14.0. The van der Waals surface area contributed by atoms with E-state index < -0.39 is 17.4 Å². The molecule has 4 rings (SSSR count). The molecule has 1 aliphatic carbocycles. The van der Waals surface area contributed by atoms with E-state index in [0.717, 1.165) is 39.0 Å². The molecule has 166 valence electrons. The average molecular weight is 450 g/mol. The van der Waals surface area contributed by atoms with E-state index in [9.17, 15) is 14.3 Å². The lowest BCUT2D eigenvalue weighted by Crippen LogP contribution is -2.38. The van der Waals surface area contributed by atoms with Crippen LogP contribution >= 0.6 is 11.6 Å². The second kappa shape index (κ2) is 8.96. The highest BCUT2D eigenvalue weighted by Crippen LogP contribution is 2.40. The summed E-state index contributed by atoms with van der Waals surface area (Å²) in [5.74, 6) is -0.972. The number of aliphatic carboxylic acids is 1. The van der Waals surface area contributed by atoms with Gasteiger partial charge in [0.1, 0.15) is 11.6 Å². The van der Waals surface area contributed by atoms with Gasteiger partial charge >= 0.3 is 12.0 Å². The Hall–Kier alpha value is -2.45. The molecule has 2 fully saturated rings. The summed E-state index contributed by atoms with van der Waals surface area (Å²) in [6, 6.07) is 6.17. The van der Waals surface area contributed by atoms with Crippen molar-refractivity contribution in [1.29, 1.82) is 0 Å². The number of ether oxygens (including phenoxy) is 2. The van der Waals surface area contributed by atoms with Gasteiger partial charge in [-0.2, -0.15) is 9.97 Å². The molecule has 7 nitrogen and oxygen atoms in total. The number of rotatable bonds is 8. The summed E-state index contributed by atoms with van der Waals surface area (Å²) < 4.78 is 25.6. The largest absolute Gasteiger partial charge is 0.478 e. The number of anilines is 1. The van der Waals surface area contributed by atoms with Crippen LogP contribution < -0.4 is 9.64 Å². The third-order valence-corrected chi connectivity index (χ3v) is 5.92. The highest BCUT2D eigenvalue weighted by atomic mass is 35.5. The topological polar surface area (TPSA) is 84.8 Å². The predicted octanol–water partition coefficient (Wildman–Crippen LogP) is 4.33. The first-order valence-corrected chi connectivity index (χ1v) is 10.9. The summed E-state index contributed by atoms with van der Waals surface area (Å²) in [4.78, 5) is 22.5. The van der Waals surface area contributed by atoms with Crippen LogP contribution in [0.15, 0.2) is 24.3 Å². The molecule has 2 heterocycles. The molecule has 0 unspecified atom stereocenters. The number of carbonyl (C=O) groups is 1. The number of piperidine rings is 1. The quantitative estimate of drug-likeness (QED) is 0.642. The van der Waals surface area contributed by atoms with Gasteiger partial charge < -0.3 is 19.5 Å². The Morgan fingerprint density at radius 1 is 1.29 bits per heavy atom. The van der Waals surface area contributed by atoms with E-state index in [1.807, 2.05) is 0 Å². The minimum Gasteiger partial charge on any atom is -0.478 e. The molecule has 0 atom stereocenters. The average Bonchev–Trinajstić information content (AvgIpc) is 3.55. The van der Waals surface area contributed by atoms with Gasteiger partial charge in [-0.1, -0.05) is 24.6 Å². The maximum atomic E-state index is 14.0. The molecular weight excluding hydrogens is 425 g/mol. The minimum atomic E-state index is -1.28. The Kier molecular flexibility index (Phi) is 6.29. The molecule has 1 aromatic heterocycles. The van der Waals surface area contributed by atoms with E-state index in [1.165, 1.54) is 12.1 Å². The first-order chi connectivity index (χ1) is 14.9. The molecule has 1 saturated heterocycles. The van der Waals surface area contributed by atoms with Gasteiger partial charge in [-0.05, 0) is 31.4 Å². The molecule has 0 spiro atoms. The van der Waals surface area contributed by atoms with E-state index in [4.69, 9.17) is 21.1 Å². The fraction of sp³-hybridized carbons (Fsp3) is 0.500. The van der Waals surface area contributed by atoms with Gasteiger partial charge in [-0.25, -0.2) is 9.18 Å². The summed E-state index contributed by atoms with van der Waals surface area (Å²) in [5, 5.41) is 9.49. The van der Waals surface area contributed by atoms with E-state index in [1.54, 1.807) is 12.1 Å². The Balaban J connectivity index is 1.62. The molecule has 0 radical (unpaired) electrons. The zero-order valence-electron chi connectivity index (χ0n) is 17.3. The van der Waals surface area contributed by atoms with E-state index in [2.05, 4.69) is 21.8 Å². The molecule has 2 aromatic rings. The summed E-state index contributed by atoms with van der Waals surface area (Å²) >= 11 is 5.81. The van der Waals surface area contributed by atoms with Gasteiger partial charge in [0.15, 0.2) is 0 Å². The van der Waals surface area contributed by atoms with Crippen LogP contribution in [0.3, 0.4) is 0 Å². The third kappa shape index (κ3) is 4.91. The van der Waals surface area contributed by atoms with E-state index >= 15 is 0 Å². The number of aromatic nitrogens is 2. The highest BCUT2D eigenvalue weighted by Gasteiger charge is 2.54. The molecule has 1 N–H and O–H groups in total. The number of halogens is 2. The number of nitrogens with zero attached hydrogens (tertiary/aromatic N) is 3.